The fraction of sp³-hybridized carbons (Fsp3) is 0.417. The molecular formula is C12H16N2O3. The van der Waals surface area contributed by atoms with Crippen LogP contribution < -0.4 is 10.6 Å². The van der Waals surface area contributed by atoms with Crippen LogP contribution in [0.5, 0.6) is 0 Å². The first-order chi connectivity index (χ1) is 8.18. The van der Waals surface area contributed by atoms with E-state index in [-0.39, 0.29) is 11.6 Å². The van der Waals surface area contributed by atoms with Gasteiger partial charge in [0.2, 0.25) is 0 Å². The molecule has 0 saturated heterocycles. The number of hydrogen-bond donors (Lipinski definition) is 2. The van der Waals surface area contributed by atoms with Crippen LogP contribution >= 0.6 is 0 Å². The maximum absolute atomic E-state index is 11.5. The van der Waals surface area contributed by atoms with E-state index in [1.165, 1.54) is 0 Å². The monoisotopic (exact) mass is 236 g/mol. The van der Waals surface area contributed by atoms with Gasteiger partial charge in [0, 0.05) is 6.42 Å². The minimum absolute atomic E-state index is 0.224. The van der Waals surface area contributed by atoms with Crippen LogP contribution in [0, 0.1) is 0 Å². The summed E-state index contributed by atoms with van der Waals surface area (Å²) in [4.78, 5) is 11.5. The van der Waals surface area contributed by atoms with Gasteiger partial charge in [-0.3, -0.25) is 0 Å². The molecule has 0 aliphatic carbocycles. The number of urea groups is 1. The number of ether oxygens (including phenoxy) is 1. The number of hydrogen-bond acceptors (Lipinski definition) is 3. The summed E-state index contributed by atoms with van der Waals surface area (Å²) >= 11 is 0. The van der Waals surface area contributed by atoms with E-state index in [1.807, 2.05) is 19.1 Å². The lowest BCUT2D eigenvalue weighted by Gasteiger charge is -2.23. The first kappa shape index (κ1) is 11.6. The van der Waals surface area contributed by atoms with E-state index >= 15 is 0 Å². The summed E-state index contributed by atoms with van der Waals surface area (Å²) in [6, 6.07) is 3.37. The van der Waals surface area contributed by atoms with Gasteiger partial charge in [-0.1, -0.05) is 0 Å². The molecule has 0 aromatic carbocycles. The largest absolute Gasteiger partial charge is 0.493 e. The average molecular weight is 236 g/mol. The second-order valence-corrected chi connectivity index (χ2v) is 4.26. The number of carbonyl (C=O) groups excluding carboxylic acids is 1. The SMILES string of the molecule is CC1(CNC(=O)NCc2ccco2)CC=CO1. The van der Waals surface area contributed by atoms with Crippen molar-refractivity contribution < 1.29 is 13.9 Å². The highest BCUT2D eigenvalue weighted by Crippen LogP contribution is 2.21. The number of carbonyl (C=O) groups is 1. The second kappa shape index (κ2) is 4.95. The fourth-order valence-corrected chi connectivity index (χ4v) is 1.58. The first-order valence-electron chi connectivity index (χ1n) is 5.55. The van der Waals surface area contributed by atoms with Crippen LogP contribution in [0.15, 0.2) is 35.2 Å². The van der Waals surface area contributed by atoms with Gasteiger partial charge < -0.3 is 19.8 Å². The van der Waals surface area contributed by atoms with E-state index < -0.39 is 0 Å². The molecule has 0 fully saturated rings. The van der Waals surface area contributed by atoms with Crippen molar-refractivity contribution in [3.8, 4) is 0 Å². The van der Waals surface area contributed by atoms with E-state index in [4.69, 9.17) is 9.15 Å². The van der Waals surface area contributed by atoms with E-state index in [1.54, 1.807) is 18.6 Å². The molecule has 1 aromatic heterocycles. The van der Waals surface area contributed by atoms with Crippen molar-refractivity contribution in [1.82, 2.24) is 10.6 Å². The Balaban J connectivity index is 1.67. The van der Waals surface area contributed by atoms with Gasteiger partial charge in [-0.25, -0.2) is 4.79 Å². The number of amides is 2. The zero-order valence-electron chi connectivity index (χ0n) is 9.73. The Kier molecular flexibility index (Phi) is 3.37. The Hall–Kier alpha value is -1.91. The maximum Gasteiger partial charge on any atom is 0.315 e. The van der Waals surface area contributed by atoms with Crippen LogP contribution in [-0.4, -0.2) is 18.2 Å². The summed E-state index contributed by atoms with van der Waals surface area (Å²) in [5.74, 6) is 0.727. The highest BCUT2D eigenvalue weighted by Gasteiger charge is 2.27. The van der Waals surface area contributed by atoms with Crippen LogP contribution in [-0.2, 0) is 11.3 Å². The highest BCUT2D eigenvalue weighted by atomic mass is 16.5. The van der Waals surface area contributed by atoms with Gasteiger partial charge >= 0.3 is 6.03 Å². The molecule has 2 amide bonds. The molecular weight excluding hydrogens is 220 g/mol. The summed E-state index contributed by atoms with van der Waals surface area (Å²) in [6.45, 7) is 2.82. The molecule has 0 saturated carbocycles. The number of rotatable bonds is 4. The first-order valence-corrected chi connectivity index (χ1v) is 5.55. The number of furan rings is 1. The van der Waals surface area contributed by atoms with E-state index in [9.17, 15) is 4.79 Å². The third kappa shape index (κ3) is 3.27. The van der Waals surface area contributed by atoms with Crippen LogP contribution in [0.3, 0.4) is 0 Å². The lowest BCUT2D eigenvalue weighted by atomic mass is 10.0. The van der Waals surface area contributed by atoms with Crippen molar-refractivity contribution in [2.24, 2.45) is 0 Å². The molecule has 2 heterocycles. The standard InChI is InChI=1S/C12H16N2O3/c1-12(5-3-7-17-12)9-14-11(15)13-8-10-4-2-6-16-10/h2-4,6-7H,5,8-9H2,1H3,(H2,13,14,15). The van der Waals surface area contributed by atoms with Crippen LogP contribution in [0.1, 0.15) is 19.1 Å². The fourth-order valence-electron chi connectivity index (χ4n) is 1.58. The van der Waals surface area contributed by atoms with Gasteiger partial charge in [-0.2, -0.15) is 0 Å². The molecule has 17 heavy (non-hydrogen) atoms. The normalized spacial score (nSPS) is 22.2. The van der Waals surface area contributed by atoms with Gasteiger partial charge in [0.15, 0.2) is 0 Å². The van der Waals surface area contributed by atoms with Gasteiger partial charge in [0.1, 0.15) is 11.4 Å². The smallest absolute Gasteiger partial charge is 0.315 e. The Morgan fingerprint density at radius 3 is 3.06 bits per heavy atom. The van der Waals surface area contributed by atoms with E-state index in [0.717, 1.165) is 12.2 Å². The van der Waals surface area contributed by atoms with Gasteiger partial charge in [-0.05, 0) is 25.1 Å². The molecule has 1 atom stereocenters. The minimum atomic E-state index is -0.317. The lowest BCUT2D eigenvalue weighted by molar-refractivity contribution is 0.0653. The summed E-state index contributed by atoms with van der Waals surface area (Å²) < 4.78 is 10.5. The topological polar surface area (TPSA) is 63.5 Å². The predicted molar refractivity (Wildman–Crippen MR) is 62.2 cm³/mol. The molecule has 0 bridgehead atoms. The molecule has 1 aliphatic heterocycles. The van der Waals surface area contributed by atoms with Crippen LogP contribution in [0.2, 0.25) is 0 Å². The lowest BCUT2D eigenvalue weighted by Crippen LogP contribution is -2.44. The Morgan fingerprint density at radius 2 is 2.41 bits per heavy atom. The Bertz CT molecular complexity index is 390. The summed E-state index contributed by atoms with van der Waals surface area (Å²) in [5.41, 5.74) is -0.317. The maximum atomic E-state index is 11.5. The molecule has 2 rings (SSSR count). The molecule has 1 aliphatic rings. The minimum Gasteiger partial charge on any atom is -0.493 e. The van der Waals surface area contributed by atoms with Crippen LogP contribution in [0.25, 0.3) is 0 Å². The van der Waals surface area contributed by atoms with Crippen molar-refractivity contribution in [3.63, 3.8) is 0 Å². The van der Waals surface area contributed by atoms with Crippen molar-refractivity contribution >= 4 is 6.03 Å². The zero-order valence-corrected chi connectivity index (χ0v) is 9.73. The second-order valence-electron chi connectivity index (χ2n) is 4.26. The molecule has 0 radical (unpaired) electrons. The van der Waals surface area contributed by atoms with E-state index in [2.05, 4.69) is 10.6 Å². The quantitative estimate of drug-likeness (QED) is 0.837. The van der Waals surface area contributed by atoms with E-state index in [0.29, 0.717) is 13.1 Å². The molecule has 2 N–H and O–H groups in total. The Morgan fingerprint density at radius 1 is 1.53 bits per heavy atom. The highest BCUT2D eigenvalue weighted by molar-refractivity contribution is 5.73. The zero-order chi connectivity index (χ0) is 12.1. The molecule has 5 heteroatoms. The van der Waals surface area contributed by atoms with Crippen molar-refractivity contribution in [1.29, 1.82) is 0 Å². The van der Waals surface area contributed by atoms with Gasteiger partial charge in [-0.15, -0.1) is 0 Å². The molecule has 1 aromatic rings. The van der Waals surface area contributed by atoms with Gasteiger partial charge in [0.25, 0.3) is 0 Å². The molecule has 0 spiro atoms. The van der Waals surface area contributed by atoms with Crippen molar-refractivity contribution in [2.45, 2.75) is 25.5 Å². The van der Waals surface area contributed by atoms with Gasteiger partial charge in [0.05, 0.1) is 25.6 Å². The Labute approximate surface area is 99.8 Å². The third-order valence-corrected chi connectivity index (χ3v) is 2.62. The summed E-state index contributed by atoms with van der Waals surface area (Å²) in [5, 5.41) is 5.48. The molecule has 92 valence electrons. The number of nitrogens with one attached hydrogen (secondary N) is 2. The van der Waals surface area contributed by atoms with Crippen LogP contribution in [0.4, 0.5) is 4.79 Å². The summed E-state index contributed by atoms with van der Waals surface area (Å²) in [7, 11) is 0. The third-order valence-electron chi connectivity index (χ3n) is 2.62. The summed E-state index contributed by atoms with van der Waals surface area (Å²) in [6.07, 6.45) is 6.00. The predicted octanol–water partition coefficient (Wildman–Crippen LogP) is 1.77. The van der Waals surface area contributed by atoms with Crippen molar-refractivity contribution in [3.05, 3.63) is 36.5 Å². The molecule has 1 unspecified atom stereocenters. The average Bonchev–Trinajstić information content (AvgIpc) is 2.95. The molecule has 5 nitrogen and oxygen atoms in total. The van der Waals surface area contributed by atoms with Crippen molar-refractivity contribution in [2.75, 3.05) is 6.54 Å².